The second-order valence-corrected chi connectivity index (χ2v) is 9.89. The monoisotopic (exact) mass is 457 g/mol. The van der Waals surface area contributed by atoms with Gasteiger partial charge in [0.05, 0.1) is 6.61 Å². The van der Waals surface area contributed by atoms with E-state index in [1.54, 1.807) is 12.1 Å². The molecule has 0 spiro atoms. The summed E-state index contributed by atoms with van der Waals surface area (Å²) in [6, 6.07) is 3.32. The summed E-state index contributed by atoms with van der Waals surface area (Å²) in [7, 11) is 0. The van der Waals surface area contributed by atoms with Gasteiger partial charge >= 0.3 is 0 Å². The van der Waals surface area contributed by atoms with Gasteiger partial charge in [-0.1, -0.05) is 80.1 Å². The Kier molecular flexibility index (Phi) is 11.6. The van der Waals surface area contributed by atoms with Gasteiger partial charge in [-0.3, -0.25) is 0 Å². The fourth-order valence-corrected chi connectivity index (χ4v) is 5.26. The predicted octanol–water partition coefficient (Wildman–Crippen LogP) is 8.44. The van der Waals surface area contributed by atoms with Crippen LogP contribution in [0.2, 0.25) is 0 Å². The van der Waals surface area contributed by atoms with Crippen LogP contribution < -0.4 is 4.74 Å². The summed E-state index contributed by atoms with van der Waals surface area (Å²) < 4.78 is 19.5. The quantitative estimate of drug-likeness (QED) is 0.206. The Hall–Kier alpha value is -0.640. The Bertz CT molecular complexity index is 538. The second-order valence-electron chi connectivity index (χ2n) is 9.07. The summed E-state index contributed by atoms with van der Waals surface area (Å²) in [5.74, 6) is 1.90. The molecule has 28 heavy (non-hydrogen) atoms. The van der Waals surface area contributed by atoms with Crippen molar-refractivity contribution >= 4 is 15.9 Å². The number of halogens is 2. The first-order valence-corrected chi connectivity index (χ1v) is 12.0. The van der Waals surface area contributed by atoms with Gasteiger partial charge in [0.15, 0.2) is 5.75 Å². The van der Waals surface area contributed by atoms with E-state index in [9.17, 15) is 4.39 Å². The second kappa shape index (κ2) is 12.8. The van der Waals surface area contributed by atoms with Crippen molar-refractivity contribution in [1.29, 1.82) is 0 Å². The first-order chi connectivity index (χ1) is 13.2. The highest BCUT2D eigenvalue weighted by Crippen LogP contribution is 2.47. The number of pyridine rings is 1. The Morgan fingerprint density at radius 3 is 1.86 bits per heavy atom. The van der Waals surface area contributed by atoms with Crippen LogP contribution in [0.25, 0.3) is 0 Å². The molecule has 4 heteroatoms. The standard InChI is InChI=1S/C24H41BrFNO/c1-18(2)24(19(3)4,20(5)6)16-12-10-8-7-9-11-13-17-28-21-14-15-22(25)27-23(21)26/h14-15,18-20H,7-13,16-17H2,1-6H3. The molecule has 0 atom stereocenters. The summed E-state index contributed by atoms with van der Waals surface area (Å²) in [6.07, 6.45) is 9.96. The number of nitrogens with zero attached hydrogens (tertiary/aromatic N) is 1. The van der Waals surface area contributed by atoms with Crippen LogP contribution in [0.3, 0.4) is 0 Å². The molecule has 0 aliphatic rings. The van der Waals surface area contributed by atoms with Crippen LogP contribution in [0, 0.1) is 29.1 Å². The number of ether oxygens (including phenoxy) is 1. The van der Waals surface area contributed by atoms with Crippen LogP contribution >= 0.6 is 15.9 Å². The zero-order valence-corrected chi connectivity index (χ0v) is 20.4. The Labute approximate surface area is 181 Å². The maximum atomic E-state index is 13.6. The highest BCUT2D eigenvalue weighted by molar-refractivity contribution is 9.10. The van der Waals surface area contributed by atoms with Gasteiger partial charge in [-0.15, -0.1) is 0 Å². The molecule has 0 bridgehead atoms. The van der Waals surface area contributed by atoms with Gasteiger partial charge in [0, 0.05) is 0 Å². The zero-order valence-electron chi connectivity index (χ0n) is 18.9. The zero-order chi connectivity index (χ0) is 21.2. The molecule has 0 N–H and O–H groups in total. The third-order valence-corrected chi connectivity index (χ3v) is 6.96. The smallest absolute Gasteiger partial charge is 0.256 e. The van der Waals surface area contributed by atoms with Gasteiger partial charge < -0.3 is 4.74 Å². The van der Waals surface area contributed by atoms with E-state index in [0.717, 1.165) is 30.6 Å². The van der Waals surface area contributed by atoms with E-state index in [0.29, 0.717) is 16.6 Å². The lowest BCUT2D eigenvalue weighted by atomic mass is 9.60. The van der Waals surface area contributed by atoms with Crippen molar-refractivity contribution in [2.45, 2.75) is 92.9 Å². The first kappa shape index (κ1) is 25.4. The van der Waals surface area contributed by atoms with Gasteiger partial charge in [-0.25, -0.2) is 4.98 Å². The lowest BCUT2D eigenvalue weighted by Crippen LogP contribution is -2.38. The SMILES string of the molecule is CC(C)C(CCCCCCCCCOc1ccc(Br)nc1F)(C(C)C)C(C)C. The largest absolute Gasteiger partial charge is 0.489 e. The normalized spacial score (nSPS) is 12.4. The lowest BCUT2D eigenvalue weighted by molar-refractivity contribution is 0.0356. The molecule has 1 aromatic heterocycles. The molecule has 0 aromatic carbocycles. The van der Waals surface area contributed by atoms with Gasteiger partial charge in [0.2, 0.25) is 0 Å². The van der Waals surface area contributed by atoms with Crippen molar-refractivity contribution in [2.75, 3.05) is 6.61 Å². The molecule has 0 aliphatic carbocycles. The highest BCUT2D eigenvalue weighted by atomic mass is 79.9. The van der Waals surface area contributed by atoms with Crippen LogP contribution in [-0.4, -0.2) is 11.6 Å². The van der Waals surface area contributed by atoms with Gasteiger partial charge in [-0.2, -0.15) is 4.39 Å². The van der Waals surface area contributed by atoms with Gasteiger partial charge in [0.1, 0.15) is 4.60 Å². The molecule has 0 aliphatic heterocycles. The molecular weight excluding hydrogens is 417 g/mol. The van der Waals surface area contributed by atoms with E-state index < -0.39 is 5.95 Å². The number of hydrogen-bond donors (Lipinski definition) is 0. The van der Waals surface area contributed by atoms with Crippen molar-refractivity contribution in [1.82, 2.24) is 4.98 Å². The molecule has 2 nitrogen and oxygen atoms in total. The number of unbranched alkanes of at least 4 members (excludes halogenated alkanes) is 6. The van der Waals surface area contributed by atoms with Gasteiger partial charge in [-0.05, 0) is 64.1 Å². The minimum absolute atomic E-state index is 0.243. The van der Waals surface area contributed by atoms with Crippen LogP contribution in [0.5, 0.6) is 5.75 Å². The average molecular weight is 459 g/mol. The van der Waals surface area contributed by atoms with Crippen molar-refractivity contribution in [3.05, 3.63) is 22.7 Å². The number of rotatable bonds is 14. The molecule has 1 heterocycles. The molecule has 0 saturated heterocycles. The van der Waals surface area contributed by atoms with E-state index in [1.165, 1.54) is 38.5 Å². The fraction of sp³-hybridized carbons (Fsp3) is 0.792. The van der Waals surface area contributed by atoms with Crippen molar-refractivity contribution in [3.8, 4) is 5.75 Å². The molecule has 0 radical (unpaired) electrons. The summed E-state index contributed by atoms with van der Waals surface area (Å²) in [4.78, 5) is 3.70. The topological polar surface area (TPSA) is 22.1 Å². The summed E-state index contributed by atoms with van der Waals surface area (Å²) in [5.41, 5.74) is 0.467. The number of hydrogen-bond acceptors (Lipinski definition) is 2. The summed E-state index contributed by atoms with van der Waals surface area (Å²) in [5, 5.41) is 0. The molecule has 0 unspecified atom stereocenters. The third kappa shape index (κ3) is 7.65. The van der Waals surface area contributed by atoms with Gasteiger partial charge in [0.25, 0.3) is 5.95 Å². The molecule has 162 valence electrons. The Balaban J connectivity index is 2.14. The maximum absolute atomic E-state index is 13.6. The number of aromatic nitrogens is 1. The van der Waals surface area contributed by atoms with Crippen molar-refractivity contribution in [3.63, 3.8) is 0 Å². The van der Waals surface area contributed by atoms with E-state index in [-0.39, 0.29) is 5.75 Å². The first-order valence-electron chi connectivity index (χ1n) is 11.2. The van der Waals surface area contributed by atoms with E-state index in [1.807, 2.05) is 0 Å². The molecule has 0 fully saturated rings. The van der Waals surface area contributed by atoms with E-state index in [4.69, 9.17) is 4.74 Å². The third-order valence-electron chi connectivity index (χ3n) is 6.52. The molecule has 0 saturated carbocycles. The van der Waals surface area contributed by atoms with Crippen LogP contribution in [0.1, 0.15) is 92.9 Å². The highest BCUT2D eigenvalue weighted by Gasteiger charge is 2.39. The van der Waals surface area contributed by atoms with Crippen LogP contribution in [0.15, 0.2) is 16.7 Å². The molecule has 1 aromatic rings. The van der Waals surface area contributed by atoms with Crippen molar-refractivity contribution < 1.29 is 9.13 Å². The molecule has 0 amide bonds. The Morgan fingerprint density at radius 1 is 0.857 bits per heavy atom. The molecular formula is C24H41BrFNO. The summed E-state index contributed by atoms with van der Waals surface area (Å²) in [6.45, 7) is 15.0. The lowest BCUT2D eigenvalue weighted by Gasteiger charge is -2.45. The minimum Gasteiger partial charge on any atom is -0.489 e. The van der Waals surface area contributed by atoms with Crippen LogP contribution in [-0.2, 0) is 0 Å². The summed E-state index contributed by atoms with van der Waals surface area (Å²) >= 11 is 3.15. The van der Waals surface area contributed by atoms with E-state index in [2.05, 4.69) is 62.5 Å². The Morgan fingerprint density at radius 2 is 1.36 bits per heavy atom. The maximum Gasteiger partial charge on any atom is 0.256 e. The fourth-order valence-electron chi connectivity index (χ4n) is 4.97. The van der Waals surface area contributed by atoms with Crippen molar-refractivity contribution in [2.24, 2.45) is 23.2 Å². The molecule has 1 rings (SSSR count). The van der Waals surface area contributed by atoms with Crippen LogP contribution in [0.4, 0.5) is 4.39 Å². The predicted molar refractivity (Wildman–Crippen MR) is 121 cm³/mol. The van der Waals surface area contributed by atoms with E-state index >= 15 is 0 Å². The minimum atomic E-state index is -0.547. The average Bonchev–Trinajstić information content (AvgIpc) is 2.60.